The summed E-state index contributed by atoms with van der Waals surface area (Å²) in [7, 11) is 1.29. The average Bonchev–Trinajstić information content (AvgIpc) is 2.60. The van der Waals surface area contributed by atoms with E-state index in [1.54, 1.807) is 0 Å². The molecule has 0 aliphatic carbocycles. The summed E-state index contributed by atoms with van der Waals surface area (Å²) in [6.45, 7) is 1.37. The van der Waals surface area contributed by atoms with Gasteiger partial charge >= 0.3 is 11.2 Å². The van der Waals surface area contributed by atoms with Gasteiger partial charge in [0.2, 0.25) is 0 Å². The molecule has 2 N–H and O–H groups in total. The van der Waals surface area contributed by atoms with Crippen molar-refractivity contribution < 1.29 is 18.7 Å². The third-order valence-electron chi connectivity index (χ3n) is 3.17. The number of thioether (sulfide) groups is 1. The molecule has 0 radical (unpaired) electrons. The van der Waals surface area contributed by atoms with Gasteiger partial charge in [0.1, 0.15) is 5.82 Å². The van der Waals surface area contributed by atoms with E-state index in [9.17, 15) is 14.0 Å². The van der Waals surface area contributed by atoms with Crippen LogP contribution in [0.1, 0.15) is 12.8 Å². The third-order valence-corrected chi connectivity index (χ3v) is 5.35. The quantitative estimate of drug-likeness (QED) is 0.450. The first kappa shape index (κ1) is 19.2. The summed E-state index contributed by atoms with van der Waals surface area (Å²) in [5.74, 6) is -0.921. The van der Waals surface area contributed by atoms with Gasteiger partial charge < -0.3 is 9.46 Å². The summed E-state index contributed by atoms with van der Waals surface area (Å²) in [5, 5.41) is 1.45. The first-order chi connectivity index (χ1) is 11.5. The van der Waals surface area contributed by atoms with Crippen molar-refractivity contribution in [1.82, 2.24) is 10.4 Å². The third kappa shape index (κ3) is 5.44. The zero-order valence-corrected chi connectivity index (χ0v) is 15.3. The monoisotopic (exact) mass is 393 g/mol. The van der Waals surface area contributed by atoms with E-state index in [-0.39, 0.29) is 21.7 Å². The van der Waals surface area contributed by atoms with Crippen LogP contribution in [0.15, 0.2) is 17.0 Å². The topological polar surface area (TPSA) is 70.7 Å². The Hall–Kier alpha value is -1.16. The zero-order chi connectivity index (χ0) is 17.5. The number of nitrogens with one attached hydrogen (secondary N) is 2. The Morgan fingerprint density at radius 1 is 1.46 bits per heavy atom. The molecule has 0 bridgehead atoms. The van der Waals surface area contributed by atoms with Gasteiger partial charge in [-0.2, -0.15) is 0 Å². The number of amides is 1. The van der Waals surface area contributed by atoms with Gasteiger partial charge in [-0.3, -0.25) is 14.6 Å². The van der Waals surface area contributed by atoms with Gasteiger partial charge in [0.25, 0.3) is 0 Å². The number of rotatable bonds is 5. The van der Waals surface area contributed by atoms with Crippen molar-refractivity contribution in [2.75, 3.05) is 30.7 Å². The summed E-state index contributed by atoms with van der Waals surface area (Å²) in [4.78, 5) is 23.8. The van der Waals surface area contributed by atoms with Crippen molar-refractivity contribution >= 4 is 52.2 Å². The van der Waals surface area contributed by atoms with Crippen LogP contribution in [0.3, 0.4) is 0 Å². The summed E-state index contributed by atoms with van der Waals surface area (Å²) in [5.41, 5.74) is 3.11. The summed E-state index contributed by atoms with van der Waals surface area (Å²) < 4.78 is 21.2. The minimum Gasteiger partial charge on any atom is -0.468 e. The predicted octanol–water partition coefficient (Wildman–Crippen LogP) is 3.52. The highest BCUT2D eigenvalue weighted by Gasteiger charge is 2.18. The molecule has 1 heterocycles. The standard InChI is InChI=1S/C14H17ClFN3O3S2/c1-22-13(20)8-23-12-7-11(10(16)6-9(12)15)18-24-14(21)19-5-3-2-4-17-19/h6-7,17-18H,2-5,8H2,1H3. The predicted molar refractivity (Wildman–Crippen MR) is 94.7 cm³/mol. The molecule has 2 rings (SSSR count). The molecule has 6 nitrogen and oxygen atoms in total. The number of ether oxygens (including phenoxy) is 1. The van der Waals surface area contributed by atoms with Gasteiger partial charge in [-0.15, -0.1) is 11.8 Å². The SMILES string of the molecule is COC(=O)CSc1cc(NSC(=O)N2CCCCN2)c(F)cc1Cl. The lowest BCUT2D eigenvalue weighted by Crippen LogP contribution is -2.45. The number of carbonyl (C=O) groups excluding carboxylic acids is 2. The number of nitrogens with zero attached hydrogens (tertiary/aromatic N) is 1. The maximum Gasteiger partial charge on any atom is 0.316 e. The average molecular weight is 394 g/mol. The second-order valence-electron chi connectivity index (χ2n) is 4.86. The highest BCUT2D eigenvalue weighted by Crippen LogP contribution is 2.33. The maximum absolute atomic E-state index is 14.0. The van der Waals surface area contributed by atoms with Crippen LogP contribution in [0, 0.1) is 5.82 Å². The number of carbonyl (C=O) groups is 2. The number of esters is 1. The number of methoxy groups -OCH3 is 1. The molecular weight excluding hydrogens is 377 g/mol. The highest BCUT2D eigenvalue weighted by molar-refractivity contribution is 8.14. The van der Waals surface area contributed by atoms with Crippen LogP contribution in [0.4, 0.5) is 14.9 Å². The lowest BCUT2D eigenvalue weighted by Gasteiger charge is -2.27. The van der Waals surface area contributed by atoms with Crippen molar-refractivity contribution in [2.24, 2.45) is 0 Å². The highest BCUT2D eigenvalue weighted by atomic mass is 35.5. The maximum atomic E-state index is 14.0. The fraction of sp³-hybridized carbons (Fsp3) is 0.429. The minimum absolute atomic E-state index is 0.0606. The molecule has 1 fully saturated rings. The normalized spacial score (nSPS) is 14.4. The first-order valence-electron chi connectivity index (χ1n) is 7.17. The molecule has 1 aliphatic rings. The Kier molecular flexibility index (Phi) is 7.47. The van der Waals surface area contributed by atoms with Crippen LogP contribution in [0.2, 0.25) is 5.02 Å². The lowest BCUT2D eigenvalue weighted by molar-refractivity contribution is -0.137. The fourth-order valence-electron chi connectivity index (χ4n) is 1.91. The molecule has 0 saturated carbocycles. The number of anilines is 1. The number of hydrazine groups is 1. The number of hydrogen-bond acceptors (Lipinski definition) is 7. The molecule has 1 saturated heterocycles. The largest absolute Gasteiger partial charge is 0.468 e. The Morgan fingerprint density at radius 2 is 2.25 bits per heavy atom. The molecule has 1 aromatic carbocycles. The Bertz CT molecular complexity index is 615. The van der Waals surface area contributed by atoms with Gasteiger partial charge in [-0.25, -0.2) is 9.82 Å². The van der Waals surface area contributed by atoms with Crippen molar-refractivity contribution in [3.8, 4) is 0 Å². The van der Waals surface area contributed by atoms with Crippen molar-refractivity contribution in [2.45, 2.75) is 17.7 Å². The Morgan fingerprint density at radius 3 is 2.92 bits per heavy atom. The van der Waals surface area contributed by atoms with E-state index in [4.69, 9.17) is 11.6 Å². The zero-order valence-electron chi connectivity index (χ0n) is 12.9. The number of hydrogen-bond donors (Lipinski definition) is 2. The van der Waals surface area contributed by atoms with E-state index in [0.717, 1.165) is 49.2 Å². The molecule has 1 amide bonds. The van der Waals surface area contributed by atoms with E-state index in [1.807, 2.05) is 0 Å². The summed E-state index contributed by atoms with van der Waals surface area (Å²) in [6, 6.07) is 2.61. The molecule has 10 heteroatoms. The molecule has 0 aromatic heterocycles. The van der Waals surface area contributed by atoms with E-state index in [2.05, 4.69) is 14.9 Å². The number of benzene rings is 1. The second kappa shape index (κ2) is 9.36. The van der Waals surface area contributed by atoms with Crippen LogP contribution in [0.25, 0.3) is 0 Å². The van der Waals surface area contributed by atoms with Gasteiger partial charge in [-0.05, 0) is 25.0 Å². The molecule has 1 aliphatic heterocycles. The van der Waals surface area contributed by atoms with E-state index in [1.165, 1.54) is 18.2 Å². The van der Waals surface area contributed by atoms with Crippen molar-refractivity contribution in [3.63, 3.8) is 0 Å². The van der Waals surface area contributed by atoms with Gasteiger partial charge in [-0.1, -0.05) is 11.6 Å². The summed E-state index contributed by atoms with van der Waals surface area (Å²) >= 11 is 7.90. The summed E-state index contributed by atoms with van der Waals surface area (Å²) in [6.07, 6.45) is 1.96. The van der Waals surface area contributed by atoms with Gasteiger partial charge in [0.05, 0.1) is 23.6 Å². The van der Waals surface area contributed by atoms with E-state index < -0.39 is 11.8 Å². The molecule has 0 atom stereocenters. The van der Waals surface area contributed by atoms with Gasteiger partial charge in [0, 0.05) is 29.9 Å². The van der Waals surface area contributed by atoms with E-state index in [0.29, 0.717) is 11.4 Å². The Labute approximate surface area is 152 Å². The van der Waals surface area contributed by atoms with Crippen molar-refractivity contribution in [1.29, 1.82) is 0 Å². The van der Waals surface area contributed by atoms with Crippen LogP contribution >= 0.6 is 35.3 Å². The van der Waals surface area contributed by atoms with E-state index >= 15 is 0 Å². The van der Waals surface area contributed by atoms with Gasteiger partial charge in [0.15, 0.2) is 0 Å². The molecule has 0 unspecified atom stereocenters. The van der Waals surface area contributed by atoms with Crippen LogP contribution < -0.4 is 10.1 Å². The smallest absolute Gasteiger partial charge is 0.316 e. The molecule has 1 aromatic rings. The van der Waals surface area contributed by atoms with Crippen molar-refractivity contribution in [3.05, 3.63) is 23.0 Å². The van der Waals surface area contributed by atoms with Crippen LogP contribution in [0.5, 0.6) is 0 Å². The first-order valence-corrected chi connectivity index (χ1v) is 9.35. The molecular formula is C14H17ClFN3O3S2. The fourth-order valence-corrected chi connectivity index (χ4v) is 3.63. The lowest BCUT2D eigenvalue weighted by atomic mass is 10.3. The molecule has 24 heavy (non-hydrogen) atoms. The van der Waals surface area contributed by atoms with Crippen LogP contribution in [-0.4, -0.2) is 42.2 Å². The molecule has 132 valence electrons. The Balaban J connectivity index is 1.98. The second-order valence-corrected chi connectivity index (χ2v) is 7.05. The minimum atomic E-state index is -0.575. The van der Waals surface area contributed by atoms with Crippen LogP contribution in [-0.2, 0) is 9.53 Å². The number of halogens is 2. The molecule has 0 spiro atoms.